The van der Waals surface area contributed by atoms with Gasteiger partial charge in [-0.15, -0.1) is 11.3 Å². The topological polar surface area (TPSA) is 31.1 Å². The number of rotatable bonds is 3. The van der Waals surface area contributed by atoms with E-state index in [9.17, 15) is 0 Å². The zero-order valence-electron chi connectivity index (χ0n) is 9.73. The summed E-state index contributed by atoms with van der Waals surface area (Å²) in [5.74, 6) is 0. The number of nitrogens with zero attached hydrogens (tertiary/aromatic N) is 1. The van der Waals surface area contributed by atoms with Crippen LogP contribution in [0.2, 0.25) is 0 Å². The van der Waals surface area contributed by atoms with Crippen LogP contribution in [0.15, 0.2) is 35.8 Å². The van der Waals surface area contributed by atoms with Crippen molar-refractivity contribution in [1.29, 1.82) is 0 Å². The third kappa shape index (κ3) is 2.29. The Morgan fingerprint density at radius 2 is 2.06 bits per heavy atom. The van der Waals surface area contributed by atoms with Crippen molar-refractivity contribution in [3.8, 4) is 0 Å². The molecule has 2 N–H and O–H groups in total. The number of hydrogen-bond donors (Lipinski definition) is 2. The maximum Gasteiger partial charge on any atom is 0.0848 e. The maximum atomic E-state index is 3.41. The molecular weight excluding hydrogens is 230 g/mol. The van der Waals surface area contributed by atoms with Crippen LogP contribution in [0.4, 0.5) is 0 Å². The Labute approximate surface area is 105 Å². The number of aromatic nitrogens is 1. The van der Waals surface area contributed by atoms with Crippen LogP contribution in [0.1, 0.15) is 16.6 Å². The summed E-state index contributed by atoms with van der Waals surface area (Å²) < 4.78 is 0. The van der Waals surface area contributed by atoms with Crippen molar-refractivity contribution in [2.24, 2.45) is 0 Å². The van der Waals surface area contributed by atoms with E-state index in [0.29, 0.717) is 6.04 Å². The zero-order chi connectivity index (χ0) is 11.5. The first-order chi connectivity index (χ1) is 8.45. The van der Waals surface area contributed by atoms with Gasteiger partial charge in [0.25, 0.3) is 0 Å². The molecule has 3 heterocycles. The summed E-state index contributed by atoms with van der Waals surface area (Å²) in [6.45, 7) is 4.40. The number of H-pyrrole nitrogens is 1. The van der Waals surface area contributed by atoms with Crippen molar-refractivity contribution in [3.05, 3.63) is 46.4 Å². The van der Waals surface area contributed by atoms with Gasteiger partial charge in [0.1, 0.15) is 0 Å². The van der Waals surface area contributed by atoms with E-state index >= 15 is 0 Å². The fourth-order valence-electron chi connectivity index (χ4n) is 2.43. The van der Waals surface area contributed by atoms with Gasteiger partial charge < -0.3 is 10.3 Å². The van der Waals surface area contributed by atoms with Crippen molar-refractivity contribution in [2.45, 2.75) is 6.04 Å². The summed E-state index contributed by atoms with van der Waals surface area (Å²) in [5.41, 5.74) is 1.30. The number of nitrogens with one attached hydrogen (secondary N) is 2. The number of aromatic amines is 1. The first-order valence-electron chi connectivity index (χ1n) is 6.06. The average Bonchev–Trinajstić information content (AvgIpc) is 3.04. The van der Waals surface area contributed by atoms with E-state index in [1.165, 1.54) is 10.6 Å². The lowest BCUT2D eigenvalue weighted by Crippen LogP contribution is -2.45. The predicted molar refractivity (Wildman–Crippen MR) is 71.4 cm³/mol. The highest BCUT2D eigenvalue weighted by atomic mass is 32.1. The Bertz CT molecular complexity index is 395. The van der Waals surface area contributed by atoms with Crippen LogP contribution < -0.4 is 5.32 Å². The molecule has 4 heteroatoms. The predicted octanol–water partition coefficient (Wildman–Crippen LogP) is 2.07. The minimum Gasteiger partial charge on any atom is -0.363 e. The van der Waals surface area contributed by atoms with E-state index < -0.39 is 0 Å². The molecule has 3 rings (SSSR count). The first-order valence-corrected chi connectivity index (χ1v) is 6.94. The highest BCUT2D eigenvalue weighted by Crippen LogP contribution is 2.30. The molecule has 1 fully saturated rings. The quantitative estimate of drug-likeness (QED) is 0.870. The second-order valence-electron chi connectivity index (χ2n) is 4.33. The van der Waals surface area contributed by atoms with Crippen LogP contribution in [-0.2, 0) is 0 Å². The van der Waals surface area contributed by atoms with Crippen molar-refractivity contribution < 1.29 is 0 Å². The molecule has 0 amide bonds. The fourth-order valence-corrected chi connectivity index (χ4v) is 3.31. The largest absolute Gasteiger partial charge is 0.363 e. The van der Waals surface area contributed by atoms with E-state index in [4.69, 9.17) is 0 Å². The van der Waals surface area contributed by atoms with E-state index in [-0.39, 0.29) is 0 Å². The van der Waals surface area contributed by atoms with E-state index in [2.05, 4.69) is 44.8 Å². The maximum absolute atomic E-state index is 3.41. The standard InChI is InChI=1S/C13H17N3S/c1-3-11(15-5-1)13(12-4-2-10-17-12)16-8-6-14-7-9-16/h1-5,10,13-15H,6-9H2. The molecule has 1 saturated heterocycles. The van der Waals surface area contributed by atoms with Crippen LogP contribution in [0.3, 0.4) is 0 Å². The molecule has 1 unspecified atom stereocenters. The SMILES string of the molecule is c1c[nH]c(C(c2cccs2)N2CCNCC2)c1. The van der Waals surface area contributed by atoms with Gasteiger partial charge in [-0.3, -0.25) is 4.90 Å². The lowest BCUT2D eigenvalue weighted by Gasteiger charge is -2.34. The van der Waals surface area contributed by atoms with Gasteiger partial charge in [-0.05, 0) is 23.6 Å². The Balaban J connectivity index is 1.91. The van der Waals surface area contributed by atoms with Crippen molar-refractivity contribution in [2.75, 3.05) is 26.2 Å². The number of piperazine rings is 1. The van der Waals surface area contributed by atoms with Crippen molar-refractivity contribution >= 4 is 11.3 Å². The number of thiophene rings is 1. The second kappa shape index (κ2) is 5.04. The van der Waals surface area contributed by atoms with E-state index in [0.717, 1.165) is 26.2 Å². The van der Waals surface area contributed by atoms with Gasteiger partial charge in [-0.2, -0.15) is 0 Å². The van der Waals surface area contributed by atoms with Crippen molar-refractivity contribution in [1.82, 2.24) is 15.2 Å². The molecule has 0 spiro atoms. The molecule has 1 aliphatic rings. The molecule has 0 saturated carbocycles. The highest BCUT2D eigenvalue weighted by molar-refractivity contribution is 7.10. The molecule has 1 aliphatic heterocycles. The molecule has 2 aromatic heterocycles. The minimum absolute atomic E-state index is 0.395. The smallest absolute Gasteiger partial charge is 0.0848 e. The summed E-state index contributed by atoms with van der Waals surface area (Å²) in [5, 5.41) is 5.57. The molecule has 17 heavy (non-hydrogen) atoms. The highest BCUT2D eigenvalue weighted by Gasteiger charge is 2.24. The molecule has 0 aliphatic carbocycles. The lowest BCUT2D eigenvalue weighted by atomic mass is 10.1. The third-order valence-electron chi connectivity index (χ3n) is 3.25. The Hall–Kier alpha value is -1.10. The van der Waals surface area contributed by atoms with Gasteiger partial charge in [-0.25, -0.2) is 0 Å². The van der Waals surface area contributed by atoms with Gasteiger partial charge in [0.05, 0.1) is 6.04 Å². The minimum atomic E-state index is 0.395. The summed E-state index contributed by atoms with van der Waals surface area (Å²) in [6.07, 6.45) is 2.01. The van der Waals surface area contributed by atoms with Crippen LogP contribution in [0, 0.1) is 0 Å². The molecule has 2 aromatic rings. The van der Waals surface area contributed by atoms with Gasteiger partial charge in [0.15, 0.2) is 0 Å². The molecule has 3 nitrogen and oxygen atoms in total. The lowest BCUT2D eigenvalue weighted by molar-refractivity contribution is 0.198. The summed E-state index contributed by atoms with van der Waals surface area (Å²) >= 11 is 1.84. The third-order valence-corrected chi connectivity index (χ3v) is 4.17. The first kappa shape index (κ1) is 11.0. The second-order valence-corrected chi connectivity index (χ2v) is 5.31. The molecule has 0 bridgehead atoms. The van der Waals surface area contributed by atoms with Crippen molar-refractivity contribution in [3.63, 3.8) is 0 Å². The average molecular weight is 247 g/mol. The summed E-state index contributed by atoms with van der Waals surface area (Å²) in [6, 6.07) is 9.04. The molecule has 0 aromatic carbocycles. The van der Waals surface area contributed by atoms with E-state index in [1.54, 1.807) is 0 Å². The van der Waals surface area contributed by atoms with Gasteiger partial charge in [0, 0.05) is 42.9 Å². The molecule has 90 valence electrons. The van der Waals surface area contributed by atoms with Gasteiger partial charge >= 0.3 is 0 Å². The summed E-state index contributed by atoms with van der Waals surface area (Å²) in [4.78, 5) is 7.34. The Kier molecular flexibility index (Phi) is 3.27. The Morgan fingerprint density at radius 1 is 1.18 bits per heavy atom. The monoisotopic (exact) mass is 247 g/mol. The van der Waals surface area contributed by atoms with Gasteiger partial charge in [-0.1, -0.05) is 6.07 Å². The molecule has 1 atom stereocenters. The van der Waals surface area contributed by atoms with Crippen LogP contribution >= 0.6 is 11.3 Å². The van der Waals surface area contributed by atoms with Crippen LogP contribution in [-0.4, -0.2) is 36.1 Å². The van der Waals surface area contributed by atoms with Crippen LogP contribution in [0.5, 0.6) is 0 Å². The molecular formula is C13H17N3S. The van der Waals surface area contributed by atoms with Gasteiger partial charge in [0.2, 0.25) is 0 Å². The summed E-state index contributed by atoms with van der Waals surface area (Å²) in [7, 11) is 0. The van der Waals surface area contributed by atoms with Crippen LogP contribution in [0.25, 0.3) is 0 Å². The van der Waals surface area contributed by atoms with E-state index in [1.807, 2.05) is 17.5 Å². The molecule has 0 radical (unpaired) electrons. The number of hydrogen-bond acceptors (Lipinski definition) is 3. The zero-order valence-corrected chi connectivity index (χ0v) is 10.5. The fraction of sp³-hybridized carbons (Fsp3) is 0.385. The Morgan fingerprint density at radius 3 is 2.71 bits per heavy atom. The normalized spacial score (nSPS) is 19.3.